The van der Waals surface area contributed by atoms with Crippen LogP contribution in [0, 0.1) is 6.92 Å². The Labute approximate surface area is 135 Å². The Morgan fingerprint density at radius 1 is 1.30 bits per heavy atom. The largest absolute Gasteiger partial charge is 0.489 e. The van der Waals surface area contributed by atoms with Crippen molar-refractivity contribution in [3.63, 3.8) is 0 Å². The van der Waals surface area contributed by atoms with Crippen LogP contribution in [0.4, 0.5) is 0 Å². The summed E-state index contributed by atoms with van der Waals surface area (Å²) in [5.41, 5.74) is 6.76. The number of aromatic nitrogens is 2. The Morgan fingerprint density at radius 2 is 2.00 bits per heavy atom. The highest BCUT2D eigenvalue weighted by atomic mass is 79.9. The zero-order chi connectivity index (χ0) is 14.5. The number of rotatable bonds is 6. The van der Waals surface area contributed by atoms with E-state index in [0.29, 0.717) is 13.2 Å². The summed E-state index contributed by atoms with van der Waals surface area (Å²) in [5.74, 6) is 1.81. The zero-order valence-electron chi connectivity index (χ0n) is 11.3. The van der Waals surface area contributed by atoms with Gasteiger partial charge in [0, 0.05) is 12.4 Å². The van der Waals surface area contributed by atoms with Crippen LogP contribution in [0.1, 0.15) is 11.4 Å². The van der Waals surface area contributed by atoms with Gasteiger partial charge in [0.05, 0.1) is 15.5 Å². The summed E-state index contributed by atoms with van der Waals surface area (Å²) < 4.78 is 9.80. The first-order valence-electron chi connectivity index (χ1n) is 6.40. The maximum Gasteiger partial charge on any atom is 0.147 e. The van der Waals surface area contributed by atoms with Crippen LogP contribution in [0.25, 0.3) is 0 Å². The molecule has 2 aromatic rings. The van der Waals surface area contributed by atoms with Crippen molar-refractivity contribution in [1.82, 2.24) is 9.55 Å². The van der Waals surface area contributed by atoms with E-state index in [9.17, 15) is 0 Å². The fourth-order valence-corrected chi connectivity index (χ4v) is 3.46. The summed E-state index contributed by atoms with van der Waals surface area (Å²) in [5, 5.41) is 0. The fourth-order valence-electron chi connectivity index (χ4n) is 1.95. The molecular formula is C14H17Br2N3O. The summed E-state index contributed by atoms with van der Waals surface area (Å²) in [6.45, 7) is 3.98. The molecule has 4 nitrogen and oxygen atoms in total. The molecule has 0 unspecified atom stereocenters. The number of aryl methyl sites for hydroxylation is 1. The molecule has 0 radical (unpaired) electrons. The number of nitrogens with zero attached hydrogens (tertiary/aromatic N) is 2. The average Bonchev–Trinajstić information content (AvgIpc) is 2.79. The van der Waals surface area contributed by atoms with Crippen LogP contribution >= 0.6 is 31.9 Å². The number of benzene rings is 1. The molecule has 0 aliphatic carbocycles. The Balaban J connectivity index is 2.01. The van der Waals surface area contributed by atoms with E-state index in [1.807, 2.05) is 13.1 Å². The van der Waals surface area contributed by atoms with E-state index >= 15 is 0 Å². The van der Waals surface area contributed by atoms with E-state index < -0.39 is 0 Å². The molecule has 0 saturated carbocycles. The molecule has 2 N–H and O–H groups in total. The van der Waals surface area contributed by atoms with Gasteiger partial charge in [-0.25, -0.2) is 4.98 Å². The van der Waals surface area contributed by atoms with E-state index in [0.717, 1.165) is 33.5 Å². The van der Waals surface area contributed by atoms with E-state index in [4.69, 9.17) is 10.5 Å². The Kier molecular flexibility index (Phi) is 5.63. The Morgan fingerprint density at radius 3 is 2.55 bits per heavy atom. The Bertz CT molecular complexity index is 561. The van der Waals surface area contributed by atoms with Crippen molar-refractivity contribution in [3.05, 3.63) is 44.9 Å². The minimum atomic E-state index is 0.588. The van der Waals surface area contributed by atoms with Gasteiger partial charge in [0.2, 0.25) is 0 Å². The van der Waals surface area contributed by atoms with E-state index in [1.54, 1.807) is 6.20 Å². The van der Waals surface area contributed by atoms with Crippen LogP contribution in [0.15, 0.2) is 33.5 Å². The van der Waals surface area contributed by atoms with E-state index in [2.05, 4.69) is 53.5 Å². The SMILES string of the molecule is Cc1nccn1CCOc1c(Br)cc(CCN)cc1Br. The van der Waals surface area contributed by atoms with Gasteiger partial charge in [-0.2, -0.15) is 0 Å². The Hall–Kier alpha value is -0.850. The molecule has 20 heavy (non-hydrogen) atoms. The standard InChI is InChI=1S/C14H17Br2N3O/c1-10-18-4-5-19(10)6-7-20-14-12(15)8-11(2-3-17)9-13(14)16/h4-5,8-9H,2-3,6-7,17H2,1H3. The third-order valence-corrected chi connectivity index (χ3v) is 4.17. The minimum Gasteiger partial charge on any atom is -0.489 e. The molecule has 6 heteroatoms. The second-order valence-electron chi connectivity index (χ2n) is 4.44. The van der Waals surface area contributed by atoms with Gasteiger partial charge in [0.1, 0.15) is 18.2 Å². The maximum atomic E-state index is 5.86. The van der Waals surface area contributed by atoms with Crippen molar-refractivity contribution in [3.8, 4) is 5.75 Å². The van der Waals surface area contributed by atoms with Crippen molar-refractivity contribution in [2.24, 2.45) is 5.73 Å². The summed E-state index contributed by atoms with van der Waals surface area (Å²) in [7, 11) is 0. The summed E-state index contributed by atoms with van der Waals surface area (Å²) in [4.78, 5) is 4.19. The highest BCUT2D eigenvalue weighted by Gasteiger charge is 2.09. The molecular weight excluding hydrogens is 386 g/mol. The van der Waals surface area contributed by atoms with Gasteiger partial charge in [0.15, 0.2) is 0 Å². The number of hydrogen-bond donors (Lipinski definition) is 1. The van der Waals surface area contributed by atoms with Gasteiger partial charge in [0.25, 0.3) is 0 Å². The monoisotopic (exact) mass is 401 g/mol. The van der Waals surface area contributed by atoms with Crippen molar-refractivity contribution in [1.29, 1.82) is 0 Å². The summed E-state index contributed by atoms with van der Waals surface area (Å²) in [6, 6.07) is 4.10. The van der Waals surface area contributed by atoms with Crippen LogP contribution in [-0.4, -0.2) is 22.7 Å². The lowest BCUT2D eigenvalue weighted by Gasteiger charge is -2.13. The van der Waals surface area contributed by atoms with Gasteiger partial charge in [-0.15, -0.1) is 0 Å². The first-order chi connectivity index (χ1) is 9.61. The van der Waals surface area contributed by atoms with Gasteiger partial charge < -0.3 is 15.0 Å². The average molecular weight is 403 g/mol. The maximum absolute atomic E-state index is 5.86. The molecule has 0 bridgehead atoms. The number of nitrogens with two attached hydrogens (primary N) is 1. The topological polar surface area (TPSA) is 53.1 Å². The van der Waals surface area contributed by atoms with Gasteiger partial charge >= 0.3 is 0 Å². The first-order valence-corrected chi connectivity index (χ1v) is 7.99. The van der Waals surface area contributed by atoms with Crippen LogP contribution < -0.4 is 10.5 Å². The fraction of sp³-hybridized carbons (Fsp3) is 0.357. The van der Waals surface area contributed by atoms with Crippen molar-refractivity contribution in [2.45, 2.75) is 19.9 Å². The molecule has 0 aliphatic rings. The van der Waals surface area contributed by atoms with Gasteiger partial charge in [-0.1, -0.05) is 0 Å². The van der Waals surface area contributed by atoms with Crippen LogP contribution in [0.5, 0.6) is 5.75 Å². The molecule has 0 atom stereocenters. The molecule has 108 valence electrons. The van der Waals surface area contributed by atoms with Crippen molar-refractivity contribution >= 4 is 31.9 Å². The lowest BCUT2D eigenvalue weighted by atomic mass is 10.1. The van der Waals surface area contributed by atoms with Gasteiger partial charge in [-0.3, -0.25) is 0 Å². The molecule has 0 spiro atoms. The summed E-state index contributed by atoms with van der Waals surface area (Å²) in [6.07, 6.45) is 4.60. The number of ether oxygens (including phenoxy) is 1. The molecule has 0 aliphatic heterocycles. The molecule has 0 amide bonds. The molecule has 1 aromatic heterocycles. The lowest BCUT2D eigenvalue weighted by molar-refractivity contribution is 0.293. The van der Waals surface area contributed by atoms with Crippen molar-refractivity contribution in [2.75, 3.05) is 13.2 Å². The predicted octanol–water partition coefficient (Wildman–Crippen LogP) is 3.30. The third-order valence-electron chi connectivity index (χ3n) is 2.99. The molecule has 2 rings (SSSR count). The van der Waals surface area contributed by atoms with E-state index in [1.165, 1.54) is 5.56 Å². The molecule has 0 saturated heterocycles. The number of imidazole rings is 1. The van der Waals surface area contributed by atoms with Gasteiger partial charge in [-0.05, 0) is 69.4 Å². The second kappa shape index (κ2) is 7.24. The molecule has 1 heterocycles. The normalized spacial score (nSPS) is 10.8. The van der Waals surface area contributed by atoms with Crippen LogP contribution in [-0.2, 0) is 13.0 Å². The minimum absolute atomic E-state index is 0.588. The van der Waals surface area contributed by atoms with Crippen molar-refractivity contribution < 1.29 is 4.74 Å². The summed E-state index contributed by atoms with van der Waals surface area (Å²) >= 11 is 7.09. The molecule has 1 aromatic carbocycles. The third kappa shape index (κ3) is 3.84. The highest BCUT2D eigenvalue weighted by molar-refractivity contribution is 9.11. The number of halogens is 2. The van der Waals surface area contributed by atoms with Crippen LogP contribution in [0.3, 0.4) is 0 Å². The zero-order valence-corrected chi connectivity index (χ0v) is 14.4. The first kappa shape index (κ1) is 15.5. The number of hydrogen-bond acceptors (Lipinski definition) is 3. The quantitative estimate of drug-likeness (QED) is 0.806. The smallest absolute Gasteiger partial charge is 0.147 e. The lowest BCUT2D eigenvalue weighted by Crippen LogP contribution is -2.09. The van der Waals surface area contributed by atoms with Crippen LogP contribution in [0.2, 0.25) is 0 Å². The predicted molar refractivity (Wildman–Crippen MR) is 87.1 cm³/mol. The second-order valence-corrected chi connectivity index (χ2v) is 6.15. The highest BCUT2D eigenvalue weighted by Crippen LogP contribution is 2.34. The molecule has 0 fully saturated rings. The van der Waals surface area contributed by atoms with E-state index in [-0.39, 0.29) is 0 Å².